The smallest absolute Gasteiger partial charge is 0.322 e. The van der Waals surface area contributed by atoms with Gasteiger partial charge in [-0.15, -0.1) is 0 Å². The van der Waals surface area contributed by atoms with Gasteiger partial charge in [-0.3, -0.25) is 9.48 Å². The number of halogens is 3. The van der Waals surface area contributed by atoms with E-state index in [1.54, 1.807) is 36.4 Å². The van der Waals surface area contributed by atoms with Crippen molar-refractivity contribution in [2.75, 3.05) is 5.32 Å². The Labute approximate surface area is 166 Å². The zero-order valence-corrected chi connectivity index (χ0v) is 15.7. The van der Waals surface area contributed by atoms with Crippen LogP contribution in [0.4, 0.5) is 18.9 Å². The molecule has 0 spiro atoms. The van der Waals surface area contributed by atoms with Crippen LogP contribution in [-0.2, 0) is 25.6 Å². The van der Waals surface area contributed by atoms with E-state index in [1.807, 2.05) is 18.2 Å². The molecule has 0 unspecified atom stereocenters. The van der Waals surface area contributed by atoms with E-state index in [0.717, 1.165) is 12.8 Å². The summed E-state index contributed by atoms with van der Waals surface area (Å²) in [7, 11) is 0. The van der Waals surface area contributed by atoms with Gasteiger partial charge in [-0.2, -0.15) is 18.3 Å². The monoisotopic (exact) mass is 399 g/mol. The first-order chi connectivity index (χ1) is 13.9. The molecule has 1 heterocycles. The van der Waals surface area contributed by atoms with Gasteiger partial charge in [0.2, 0.25) is 0 Å². The number of nitrogens with zero attached hydrogens (tertiary/aromatic N) is 2. The summed E-state index contributed by atoms with van der Waals surface area (Å²) in [6.45, 7) is 0.122. The highest BCUT2D eigenvalue weighted by atomic mass is 19.4. The Morgan fingerprint density at radius 2 is 1.69 bits per heavy atom. The van der Waals surface area contributed by atoms with Crippen LogP contribution < -0.4 is 5.32 Å². The average molecular weight is 399 g/mol. The molecule has 1 aliphatic rings. The summed E-state index contributed by atoms with van der Waals surface area (Å²) in [6.07, 6.45) is -1.95. The highest BCUT2D eigenvalue weighted by Crippen LogP contribution is 2.36. The molecule has 1 aromatic heterocycles. The Morgan fingerprint density at radius 3 is 2.45 bits per heavy atom. The van der Waals surface area contributed by atoms with Gasteiger partial charge in [-0.1, -0.05) is 36.4 Å². The van der Waals surface area contributed by atoms with Gasteiger partial charge in [0.1, 0.15) is 0 Å². The maximum Gasteiger partial charge on any atom is 0.435 e. The van der Waals surface area contributed by atoms with E-state index >= 15 is 0 Å². The third-order valence-corrected chi connectivity index (χ3v) is 5.14. The van der Waals surface area contributed by atoms with Crippen molar-refractivity contribution in [3.8, 4) is 0 Å². The van der Waals surface area contributed by atoms with Gasteiger partial charge in [-0.05, 0) is 49.4 Å². The molecule has 1 aliphatic carbocycles. The Morgan fingerprint density at radius 1 is 1.00 bits per heavy atom. The fraction of sp³-hybridized carbons (Fsp3) is 0.273. The summed E-state index contributed by atoms with van der Waals surface area (Å²) in [5.74, 6) is -0.302. The highest BCUT2D eigenvalue weighted by molar-refractivity contribution is 6.05. The maximum atomic E-state index is 13.4. The minimum Gasteiger partial charge on any atom is -0.322 e. The number of carbonyl (C=O) groups is 1. The summed E-state index contributed by atoms with van der Waals surface area (Å²) in [6, 6.07) is 16.0. The Balaban J connectivity index is 1.66. The number of para-hydroxylation sites is 1. The molecule has 0 saturated heterocycles. The Bertz CT molecular complexity index is 1030. The second-order valence-corrected chi connectivity index (χ2v) is 7.11. The molecule has 4 nitrogen and oxygen atoms in total. The largest absolute Gasteiger partial charge is 0.435 e. The lowest BCUT2D eigenvalue weighted by Crippen LogP contribution is -2.17. The van der Waals surface area contributed by atoms with Crippen LogP contribution >= 0.6 is 0 Å². The first kappa shape index (κ1) is 19.2. The molecule has 1 N–H and O–H groups in total. The number of alkyl halides is 3. The van der Waals surface area contributed by atoms with Crippen molar-refractivity contribution in [2.24, 2.45) is 0 Å². The van der Waals surface area contributed by atoms with Crippen LogP contribution in [0, 0.1) is 0 Å². The molecule has 0 bridgehead atoms. The lowest BCUT2D eigenvalue weighted by Gasteiger charge is -2.16. The molecular formula is C22H20F3N3O. The van der Waals surface area contributed by atoms with Crippen molar-refractivity contribution in [3.63, 3.8) is 0 Å². The van der Waals surface area contributed by atoms with Gasteiger partial charge in [-0.25, -0.2) is 0 Å². The molecule has 3 aromatic rings. The lowest BCUT2D eigenvalue weighted by molar-refractivity contribution is -0.142. The van der Waals surface area contributed by atoms with E-state index in [9.17, 15) is 18.0 Å². The van der Waals surface area contributed by atoms with Gasteiger partial charge < -0.3 is 5.32 Å². The van der Waals surface area contributed by atoms with Crippen LogP contribution in [0.3, 0.4) is 0 Å². The number of rotatable bonds is 4. The van der Waals surface area contributed by atoms with E-state index in [1.165, 1.54) is 4.68 Å². The number of hydrogen-bond donors (Lipinski definition) is 1. The van der Waals surface area contributed by atoms with E-state index in [4.69, 9.17) is 0 Å². The second kappa shape index (κ2) is 7.73. The van der Waals surface area contributed by atoms with Gasteiger partial charge in [0.15, 0.2) is 5.69 Å². The number of benzene rings is 2. The minimum absolute atomic E-state index is 0.122. The quantitative estimate of drug-likeness (QED) is 0.665. The molecule has 2 aromatic carbocycles. The molecule has 29 heavy (non-hydrogen) atoms. The third kappa shape index (κ3) is 4.04. The molecule has 7 heteroatoms. The second-order valence-electron chi connectivity index (χ2n) is 7.11. The number of anilines is 1. The van der Waals surface area contributed by atoms with Crippen molar-refractivity contribution in [3.05, 3.63) is 82.7 Å². The molecule has 1 amide bonds. The Kier molecular flexibility index (Phi) is 5.13. The van der Waals surface area contributed by atoms with E-state index in [2.05, 4.69) is 10.4 Å². The predicted octanol–water partition coefficient (Wildman–Crippen LogP) is 5.08. The summed E-state index contributed by atoms with van der Waals surface area (Å²) in [5, 5.41) is 6.73. The SMILES string of the molecule is O=C(Nc1ccccc1)c1ccccc1Cn1nc(C(F)(F)F)c2c1CCCC2. The van der Waals surface area contributed by atoms with E-state index in [-0.39, 0.29) is 12.5 Å². The summed E-state index contributed by atoms with van der Waals surface area (Å²) in [4.78, 5) is 12.8. The fourth-order valence-electron chi connectivity index (χ4n) is 3.79. The molecule has 0 saturated carbocycles. The first-order valence-electron chi connectivity index (χ1n) is 9.53. The molecule has 4 rings (SSSR count). The number of fused-ring (bicyclic) bond motifs is 1. The van der Waals surface area contributed by atoms with E-state index in [0.29, 0.717) is 40.9 Å². The van der Waals surface area contributed by atoms with Crippen LogP contribution in [0.2, 0.25) is 0 Å². The van der Waals surface area contributed by atoms with Crippen molar-refractivity contribution in [1.82, 2.24) is 9.78 Å². The van der Waals surface area contributed by atoms with Gasteiger partial charge in [0.25, 0.3) is 5.91 Å². The van der Waals surface area contributed by atoms with Crippen molar-refractivity contribution >= 4 is 11.6 Å². The molecule has 0 radical (unpaired) electrons. The fourth-order valence-corrected chi connectivity index (χ4v) is 3.79. The first-order valence-corrected chi connectivity index (χ1v) is 9.53. The molecule has 0 fully saturated rings. The summed E-state index contributed by atoms with van der Waals surface area (Å²) in [5.41, 5.74) is 1.84. The number of hydrogen-bond acceptors (Lipinski definition) is 2. The topological polar surface area (TPSA) is 46.9 Å². The van der Waals surface area contributed by atoms with Crippen molar-refractivity contribution in [2.45, 2.75) is 38.4 Å². The van der Waals surface area contributed by atoms with Gasteiger partial charge >= 0.3 is 6.18 Å². The predicted molar refractivity (Wildman–Crippen MR) is 104 cm³/mol. The normalized spacial score (nSPS) is 13.8. The van der Waals surface area contributed by atoms with Gasteiger partial charge in [0, 0.05) is 22.5 Å². The number of nitrogens with one attached hydrogen (secondary N) is 1. The van der Waals surface area contributed by atoms with Crippen LogP contribution in [0.15, 0.2) is 54.6 Å². The maximum absolute atomic E-state index is 13.4. The zero-order valence-electron chi connectivity index (χ0n) is 15.7. The number of carbonyl (C=O) groups excluding carboxylic acids is 1. The van der Waals surface area contributed by atoms with Crippen LogP contribution in [0.1, 0.15) is 45.7 Å². The van der Waals surface area contributed by atoms with Crippen LogP contribution in [0.5, 0.6) is 0 Å². The third-order valence-electron chi connectivity index (χ3n) is 5.14. The summed E-state index contributed by atoms with van der Waals surface area (Å²) < 4.78 is 41.7. The van der Waals surface area contributed by atoms with Crippen molar-refractivity contribution < 1.29 is 18.0 Å². The van der Waals surface area contributed by atoms with Crippen LogP contribution in [-0.4, -0.2) is 15.7 Å². The number of aromatic nitrogens is 2. The molecule has 0 aliphatic heterocycles. The highest BCUT2D eigenvalue weighted by Gasteiger charge is 2.39. The molecular weight excluding hydrogens is 379 g/mol. The zero-order chi connectivity index (χ0) is 20.4. The summed E-state index contributed by atoms with van der Waals surface area (Å²) >= 11 is 0. The van der Waals surface area contributed by atoms with Gasteiger partial charge in [0.05, 0.1) is 6.54 Å². The van der Waals surface area contributed by atoms with Crippen LogP contribution in [0.25, 0.3) is 0 Å². The molecule has 0 atom stereocenters. The minimum atomic E-state index is -4.48. The van der Waals surface area contributed by atoms with Crippen molar-refractivity contribution in [1.29, 1.82) is 0 Å². The standard InChI is InChI=1S/C22H20F3N3O/c23-22(24,25)20-18-12-6-7-13-19(18)28(27-20)14-15-8-4-5-11-17(15)21(29)26-16-9-2-1-3-10-16/h1-5,8-11H,6-7,12-14H2,(H,26,29). The average Bonchev–Trinajstić information content (AvgIpc) is 3.08. The van der Waals surface area contributed by atoms with E-state index < -0.39 is 11.9 Å². The Hall–Kier alpha value is -3.09. The number of amides is 1. The molecule has 150 valence electrons. The lowest BCUT2D eigenvalue weighted by atomic mass is 9.95.